The molecule has 0 spiro atoms. The maximum absolute atomic E-state index is 13.4. The summed E-state index contributed by atoms with van der Waals surface area (Å²) >= 11 is 0. The van der Waals surface area contributed by atoms with Gasteiger partial charge in [0.2, 0.25) is 0 Å². The molecule has 0 radical (unpaired) electrons. The largest absolute Gasteiger partial charge is 0.390 e. The van der Waals surface area contributed by atoms with Crippen molar-refractivity contribution in [2.45, 2.75) is 77.4 Å². The number of allylic oxidation sites excluding steroid dienone is 2. The fourth-order valence-electron chi connectivity index (χ4n) is 8.50. The molecule has 3 N–H and O–H groups in total. The molecule has 1 heterocycles. The van der Waals surface area contributed by atoms with Crippen molar-refractivity contribution in [3.63, 3.8) is 0 Å². The first-order chi connectivity index (χ1) is 16.1. The van der Waals surface area contributed by atoms with Crippen LogP contribution in [0.15, 0.2) is 17.8 Å². The van der Waals surface area contributed by atoms with Gasteiger partial charge in [-0.15, -0.1) is 5.10 Å². The van der Waals surface area contributed by atoms with Gasteiger partial charge in [0.05, 0.1) is 18.4 Å². The number of ether oxygens (including phenoxy) is 1. The van der Waals surface area contributed by atoms with Crippen LogP contribution >= 0.6 is 0 Å². The van der Waals surface area contributed by atoms with Gasteiger partial charge in [0.15, 0.2) is 11.5 Å². The van der Waals surface area contributed by atoms with Crippen LogP contribution < -0.4 is 5.73 Å². The summed E-state index contributed by atoms with van der Waals surface area (Å²) in [7, 11) is 1.82. The molecule has 7 atom stereocenters. The molecule has 4 aliphatic carbocycles. The predicted octanol–water partition coefficient (Wildman–Crippen LogP) is 2.90. The molecule has 1 amide bonds. The van der Waals surface area contributed by atoms with Gasteiger partial charge in [-0.2, -0.15) is 0 Å². The number of nitrogens with two attached hydrogens (primary N) is 1. The first-order valence-electron chi connectivity index (χ1n) is 12.7. The standard InChI is InChI=1S/C26H38N4O4/c1-24(33)10-11-26(15-34-3)16(12-24)4-5-17-18-6-7-20(25(18,2)9-8-19(17)26)22(31)14-30-13-21(23(27)32)28-29-30/h7,13,16-19,33H,4-6,8-12,14-15H2,1-3H3,(H2,27,32)/t16-,17-,18-,19-,24+,25-,26+/m0/s1. The van der Waals surface area contributed by atoms with Crippen molar-refractivity contribution in [1.29, 1.82) is 0 Å². The summed E-state index contributed by atoms with van der Waals surface area (Å²) in [6.07, 6.45) is 11.7. The molecule has 3 fully saturated rings. The Balaban J connectivity index is 1.36. The van der Waals surface area contributed by atoms with Crippen molar-refractivity contribution in [2.24, 2.45) is 40.2 Å². The Morgan fingerprint density at radius 2 is 2.00 bits per heavy atom. The first-order valence-corrected chi connectivity index (χ1v) is 12.7. The van der Waals surface area contributed by atoms with Gasteiger partial charge in [-0.05, 0) is 98.4 Å². The molecule has 5 rings (SSSR count). The van der Waals surface area contributed by atoms with Crippen LogP contribution in [0.3, 0.4) is 0 Å². The zero-order valence-electron chi connectivity index (χ0n) is 20.6. The number of hydrogen-bond donors (Lipinski definition) is 2. The topological polar surface area (TPSA) is 120 Å². The van der Waals surface area contributed by atoms with E-state index in [0.717, 1.165) is 63.5 Å². The third kappa shape index (κ3) is 3.65. The third-order valence-corrected chi connectivity index (χ3v) is 10.0. The van der Waals surface area contributed by atoms with Crippen molar-refractivity contribution < 1.29 is 19.4 Å². The molecule has 34 heavy (non-hydrogen) atoms. The molecule has 0 unspecified atom stereocenters. The van der Waals surface area contributed by atoms with E-state index in [1.807, 2.05) is 14.0 Å². The number of ketones is 1. The van der Waals surface area contributed by atoms with Gasteiger partial charge in [-0.3, -0.25) is 9.59 Å². The summed E-state index contributed by atoms with van der Waals surface area (Å²) in [6, 6.07) is 0. The Kier molecular flexibility index (Phi) is 5.75. The van der Waals surface area contributed by atoms with E-state index in [2.05, 4.69) is 23.3 Å². The van der Waals surface area contributed by atoms with Crippen LogP contribution in [0.2, 0.25) is 0 Å². The lowest BCUT2D eigenvalue weighted by molar-refractivity contribution is -0.170. The molecule has 1 aromatic heterocycles. The molecule has 1 aromatic rings. The molecule has 0 saturated heterocycles. The Morgan fingerprint density at radius 3 is 2.71 bits per heavy atom. The smallest absolute Gasteiger partial charge is 0.270 e. The minimum Gasteiger partial charge on any atom is -0.390 e. The second-order valence-corrected chi connectivity index (χ2v) is 11.9. The monoisotopic (exact) mass is 470 g/mol. The molecule has 0 bridgehead atoms. The Hall–Kier alpha value is -2.06. The first kappa shape index (κ1) is 23.7. The summed E-state index contributed by atoms with van der Waals surface area (Å²) in [5, 5.41) is 18.5. The number of methoxy groups -OCH3 is 1. The van der Waals surface area contributed by atoms with Gasteiger partial charge in [0.1, 0.15) is 6.54 Å². The predicted molar refractivity (Wildman–Crippen MR) is 126 cm³/mol. The summed E-state index contributed by atoms with van der Waals surface area (Å²) < 4.78 is 7.26. The Bertz CT molecular complexity index is 1020. The van der Waals surface area contributed by atoms with Crippen molar-refractivity contribution in [1.82, 2.24) is 15.0 Å². The molecule has 186 valence electrons. The van der Waals surface area contributed by atoms with E-state index in [0.29, 0.717) is 23.7 Å². The van der Waals surface area contributed by atoms with Gasteiger partial charge in [0.25, 0.3) is 5.91 Å². The zero-order valence-corrected chi connectivity index (χ0v) is 20.6. The number of amides is 1. The maximum atomic E-state index is 13.4. The summed E-state index contributed by atoms with van der Waals surface area (Å²) in [5.74, 6) is 1.52. The average Bonchev–Trinajstić information content (AvgIpc) is 3.38. The average molecular weight is 471 g/mol. The van der Waals surface area contributed by atoms with Crippen LogP contribution in [0.25, 0.3) is 0 Å². The number of rotatable bonds is 6. The van der Waals surface area contributed by atoms with Crippen LogP contribution in [0.1, 0.15) is 75.7 Å². The second kappa shape index (κ2) is 8.26. The van der Waals surface area contributed by atoms with Crippen molar-refractivity contribution in [3.8, 4) is 0 Å². The highest BCUT2D eigenvalue weighted by atomic mass is 16.5. The zero-order chi connectivity index (χ0) is 24.3. The molecule has 4 aliphatic rings. The van der Waals surface area contributed by atoms with Gasteiger partial charge >= 0.3 is 0 Å². The lowest BCUT2D eigenvalue weighted by atomic mass is 9.43. The van der Waals surface area contributed by atoms with Crippen LogP contribution in [0.5, 0.6) is 0 Å². The van der Waals surface area contributed by atoms with Gasteiger partial charge in [0, 0.05) is 7.11 Å². The van der Waals surface area contributed by atoms with Gasteiger partial charge in [-0.25, -0.2) is 4.68 Å². The van der Waals surface area contributed by atoms with Crippen molar-refractivity contribution in [3.05, 3.63) is 23.5 Å². The summed E-state index contributed by atoms with van der Waals surface area (Å²) in [5.41, 5.74) is 5.70. The van der Waals surface area contributed by atoms with Gasteiger partial charge in [-0.1, -0.05) is 18.2 Å². The van der Waals surface area contributed by atoms with Crippen LogP contribution in [-0.2, 0) is 16.1 Å². The highest BCUT2D eigenvalue weighted by Gasteiger charge is 2.61. The quantitative estimate of drug-likeness (QED) is 0.660. The highest BCUT2D eigenvalue weighted by Crippen LogP contribution is 2.67. The van der Waals surface area contributed by atoms with E-state index in [9.17, 15) is 14.7 Å². The molecule has 8 heteroatoms. The molecule has 8 nitrogen and oxygen atoms in total. The lowest BCUT2D eigenvalue weighted by Crippen LogP contribution is -2.58. The molecule has 3 saturated carbocycles. The number of carbonyl (C=O) groups is 2. The van der Waals surface area contributed by atoms with E-state index >= 15 is 0 Å². The fraction of sp³-hybridized carbons (Fsp3) is 0.769. The molecule has 0 aromatic carbocycles. The minimum atomic E-state index is -0.644. The van der Waals surface area contributed by atoms with E-state index in [1.54, 1.807) is 0 Å². The van der Waals surface area contributed by atoms with Crippen molar-refractivity contribution >= 4 is 11.7 Å². The van der Waals surface area contributed by atoms with Gasteiger partial charge < -0.3 is 15.6 Å². The third-order valence-electron chi connectivity index (χ3n) is 10.0. The SMILES string of the molecule is COC[C@]12CC[C@@](C)(O)C[C@@H]1CC[C@@H]1[C@@H]2CC[C@]2(C)C(C(=O)Cn3cc(C(N)=O)nn3)=CC[C@@H]12. The van der Waals surface area contributed by atoms with Crippen LogP contribution in [0, 0.1) is 34.5 Å². The molecule has 0 aliphatic heterocycles. The van der Waals surface area contributed by atoms with Crippen molar-refractivity contribution in [2.75, 3.05) is 13.7 Å². The minimum absolute atomic E-state index is 0.0541. The number of nitrogens with zero attached hydrogens (tertiary/aromatic N) is 3. The highest BCUT2D eigenvalue weighted by molar-refractivity contribution is 5.97. The van der Waals surface area contributed by atoms with E-state index < -0.39 is 11.5 Å². The Labute approximate surface area is 201 Å². The summed E-state index contributed by atoms with van der Waals surface area (Å²) in [6.45, 7) is 5.12. The van der Waals surface area contributed by atoms with E-state index in [-0.39, 0.29) is 28.9 Å². The number of hydrogen-bond acceptors (Lipinski definition) is 6. The number of fused-ring (bicyclic) bond motifs is 5. The van der Waals surface area contributed by atoms with Crippen LogP contribution in [-0.4, -0.2) is 51.1 Å². The second-order valence-electron chi connectivity index (χ2n) is 11.9. The number of primary amides is 1. The maximum Gasteiger partial charge on any atom is 0.270 e. The van der Waals surface area contributed by atoms with E-state index in [4.69, 9.17) is 10.5 Å². The molecular formula is C26H38N4O4. The summed E-state index contributed by atoms with van der Waals surface area (Å²) in [4.78, 5) is 24.7. The number of aromatic nitrogens is 3. The van der Waals surface area contributed by atoms with Crippen LogP contribution in [0.4, 0.5) is 0 Å². The van der Waals surface area contributed by atoms with E-state index in [1.165, 1.54) is 10.9 Å². The number of carbonyl (C=O) groups excluding carboxylic acids is 2. The number of aliphatic hydroxyl groups is 1. The normalized spacial score (nSPS) is 41.2. The Morgan fingerprint density at radius 1 is 1.21 bits per heavy atom. The molecular weight excluding hydrogens is 432 g/mol. The lowest BCUT2D eigenvalue weighted by Gasteiger charge is -2.62. The fourth-order valence-corrected chi connectivity index (χ4v) is 8.50. The number of Topliss-reactive ketones (excluding diaryl/α,β-unsaturated/α-hetero) is 1.